The van der Waals surface area contributed by atoms with Crippen LogP contribution < -0.4 is 14.8 Å². The van der Waals surface area contributed by atoms with E-state index in [1.165, 1.54) is 12.1 Å². The smallest absolute Gasteiger partial charge is 0.416 e. The van der Waals surface area contributed by atoms with Gasteiger partial charge in [0.05, 0.1) is 17.7 Å². The lowest BCUT2D eigenvalue weighted by atomic mass is 10.1. The van der Waals surface area contributed by atoms with Crippen molar-refractivity contribution in [2.24, 2.45) is 0 Å². The van der Waals surface area contributed by atoms with Gasteiger partial charge in [0, 0.05) is 17.5 Å². The van der Waals surface area contributed by atoms with Gasteiger partial charge in [-0.3, -0.25) is 0 Å². The minimum atomic E-state index is -4.30. The van der Waals surface area contributed by atoms with Gasteiger partial charge in [-0.25, -0.2) is 0 Å². The Morgan fingerprint density at radius 1 is 1.15 bits per heavy atom. The zero-order valence-electron chi connectivity index (χ0n) is 14.9. The van der Waals surface area contributed by atoms with E-state index >= 15 is 0 Å². The summed E-state index contributed by atoms with van der Waals surface area (Å²) in [5, 5.41) is 2.05. The van der Waals surface area contributed by atoms with Gasteiger partial charge in [-0.2, -0.15) is 13.2 Å². The van der Waals surface area contributed by atoms with E-state index in [9.17, 15) is 13.2 Å². The highest BCUT2D eigenvalue weighted by atomic mass is 19.4. The van der Waals surface area contributed by atoms with Crippen molar-refractivity contribution in [3.05, 3.63) is 58.7 Å². The second kappa shape index (κ2) is 7.58. The van der Waals surface area contributed by atoms with E-state index in [2.05, 4.69) is 0 Å². The van der Waals surface area contributed by atoms with E-state index in [4.69, 9.17) is 9.47 Å². The monoisotopic (exact) mass is 366 g/mol. The van der Waals surface area contributed by atoms with Crippen molar-refractivity contribution in [2.75, 3.05) is 6.61 Å². The SMILES string of the molecule is CCOc1cc2c(cc1C[NH2+]Cc1ccc(C(F)(F)F)cc1)O[C@@H](C)C2. The maximum atomic E-state index is 12.6. The second-order valence-electron chi connectivity index (χ2n) is 6.52. The van der Waals surface area contributed by atoms with E-state index in [1.54, 1.807) is 0 Å². The highest BCUT2D eigenvalue weighted by Crippen LogP contribution is 2.35. The molecule has 0 saturated heterocycles. The Balaban J connectivity index is 1.65. The number of ether oxygens (including phenoxy) is 2. The summed E-state index contributed by atoms with van der Waals surface area (Å²) >= 11 is 0. The van der Waals surface area contributed by atoms with Crippen molar-refractivity contribution >= 4 is 0 Å². The highest BCUT2D eigenvalue weighted by Gasteiger charge is 2.30. The molecule has 140 valence electrons. The van der Waals surface area contributed by atoms with Crippen molar-refractivity contribution in [2.45, 2.75) is 45.6 Å². The fourth-order valence-corrected chi connectivity index (χ4v) is 3.16. The number of fused-ring (bicyclic) bond motifs is 1. The zero-order valence-corrected chi connectivity index (χ0v) is 14.9. The molecule has 0 amide bonds. The average molecular weight is 366 g/mol. The van der Waals surface area contributed by atoms with E-state index in [0.717, 1.165) is 46.7 Å². The van der Waals surface area contributed by atoms with Gasteiger partial charge < -0.3 is 14.8 Å². The normalized spacial score (nSPS) is 16.3. The van der Waals surface area contributed by atoms with Crippen LogP contribution in [-0.2, 0) is 25.7 Å². The molecule has 0 fully saturated rings. The molecule has 0 aromatic heterocycles. The van der Waals surface area contributed by atoms with Crippen LogP contribution in [0.1, 0.15) is 36.1 Å². The topological polar surface area (TPSA) is 35.1 Å². The van der Waals surface area contributed by atoms with Crippen molar-refractivity contribution < 1.29 is 28.0 Å². The minimum absolute atomic E-state index is 0.172. The van der Waals surface area contributed by atoms with Gasteiger partial charge in [-0.1, -0.05) is 12.1 Å². The van der Waals surface area contributed by atoms with Crippen LogP contribution in [0.3, 0.4) is 0 Å². The third-order valence-electron chi connectivity index (χ3n) is 4.40. The molecule has 0 spiro atoms. The lowest BCUT2D eigenvalue weighted by Crippen LogP contribution is -2.80. The summed E-state index contributed by atoms with van der Waals surface area (Å²) in [6.45, 7) is 5.83. The molecule has 2 aromatic rings. The Bertz CT molecular complexity index is 757. The lowest BCUT2D eigenvalue weighted by molar-refractivity contribution is -0.686. The van der Waals surface area contributed by atoms with Crippen molar-refractivity contribution in [1.82, 2.24) is 0 Å². The summed E-state index contributed by atoms with van der Waals surface area (Å²) in [6.07, 6.45) is -3.24. The molecule has 1 atom stereocenters. The summed E-state index contributed by atoms with van der Waals surface area (Å²) < 4.78 is 49.4. The standard InChI is InChI=1S/C20H22F3NO2/c1-3-25-18-9-15-8-13(2)26-19(15)10-16(18)12-24-11-14-4-6-17(7-5-14)20(21,22)23/h4-7,9-10,13,24H,3,8,11-12H2,1-2H3/p+1/t13-/m0/s1. The lowest BCUT2D eigenvalue weighted by Gasteiger charge is -2.12. The summed E-state index contributed by atoms with van der Waals surface area (Å²) in [4.78, 5) is 0. The molecule has 1 aliphatic rings. The molecule has 2 N–H and O–H groups in total. The van der Waals surface area contributed by atoms with Crippen molar-refractivity contribution in [3.8, 4) is 11.5 Å². The molecule has 1 heterocycles. The molecule has 3 rings (SSSR count). The van der Waals surface area contributed by atoms with Gasteiger partial charge in [0.25, 0.3) is 0 Å². The van der Waals surface area contributed by atoms with Crippen LogP contribution in [0.15, 0.2) is 36.4 Å². The first kappa shape index (κ1) is 18.6. The van der Waals surface area contributed by atoms with Crippen LogP contribution in [-0.4, -0.2) is 12.7 Å². The van der Waals surface area contributed by atoms with Gasteiger partial charge >= 0.3 is 6.18 Å². The third kappa shape index (κ3) is 4.30. The third-order valence-corrected chi connectivity index (χ3v) is 4.40. The quantitative estimate of drug-likeness (QED) is 0.846. The summed E-state index contributed by atoms with van der Waals surface area (Å²) in [5.41, 5.74) is 2.42. The molecule has 0 bridgehead atoms. The number of alkyl halides is 3. The molecule has 0 radical (unpaired) electrons. The number of halogens is 3. The number of rotatable bonds is 6. The fourth-order valence-electron chi connectivity index (χ4n) is 3.16. The molecule has 1 aliphatic heterocycles. The van der Waals surface area contributed by atoms with Gasteiger partial charge in [0.1, 0.15) is 30.7 Å². The Morgan fingerprint density at radius 2 is 1.88 bits per heavy atom. The van der Waals surface area contributed by atoms with E-state index in [0.29, 0.717) is 19.7 Å². The van der Waals surface area contributed by atoms with Crippen LogP contribution >= 0.6 is 0 Å². The summed E-state index contributed by atoms with van der Waals surface area (Å²) in [6, 6.07) is 9.36. The van der Waals surface area contributed by atoms with Gasteiger partial charge in [-0.15, -0.1) is 0 Å². The summed E-state index contributed by atoms with van der Waals surface area (Å²) in [5.74, 6) is 1.76. The first-order chi connectivity index (χ1) is 12.4. The van der Waals surface area contributed by atoms with Crippen LogP contribution in [0.5, 0.6) is 11.5 Å². The van der Waals surface area contributed by atoms with E-state index in [1.807, 2.05) is 31.3 Å². The van der Waals surface area contributed by atoms with E-state index < -0.39 is 11.7 Å². The maximum absolute atomic E-state index is 12.6. The number of nitrogens with two attached hydrogens (primary N) is 1. The number of hydrogen-bond acceptors (Lipinski definition) is 2. The Hall–Kier alpha value is -2.21. The molecule has 0 aliphatic carbocycles. The molecule has 26 heavy (non-hydrogen) atoms. The zero-order chi connectivity index (χ0) is 18.7. The molecule has 0 saturated carbocycles. The molecule has 6 heteroatoms. The Labute approximate surface area is 151 Å². The van der Waals surface area contributed by atoms with Crippen molar-refractivity contribution in [3.63, 3.8) is 0 Å². The van der Waals surface area contributed by atoms with Gasteiger partial charge in [0.2, 0.25) is 0 Å². The fraction of sp³-hybridized carbons (Fsp3) is 0.400. The van der Waals surface area contributed by atoms with Gasteiger partial charge in [0.15, 0.2) is 0 Å². The van der Waals surface area contributed by atoms with Crippen LogP contribution in [0.25, 0.3) is 0 Å². The first-order valence-electron chi connectivity index (χ1n) is 8.80. The predicted octanol–water partition coefficient (Wildman–Crippen LogP) is 3.69. The Morgan fingerprint density at radius 3 is 2.54 bits per heavy atom. The maximum Gasteiger partial charge on any atom is 0.416 e. The Kier molecular flexibility index (Phi) is 5.41. The molecule has 3 nitrogen and oxygen atoms in total. The molecular formula is C20H23F3NO2+. The first-order valence-corrected chi connectivity index (χ1v) is 8.80. The largest absolute Gasteiger partial charge is 0.493 e. The highest BCUT2D eigenvalue weighted by molar-refractivity contribution is 5.48. The number of quaternary nitrogens is 1. The molecular weight excluding hydrogens is 343 g/mol. The van der Waals surface area contributed by atoms with Crippen molar-refractivity contribution in [1.29, 1.82) is 0 Å². The molecule has 0 unspecified atom stereocenters. The van der Waals surface area contributed by atoms with E-state index in [-0.39, 0.29) is 6.10 Å². The minimum Gasteiger partial charge on any atom is -0.493 e. The van der Waals surface area contributed by atoms with Crippen LogP contribution in [0, 0.1) is 0 Å². The number of hydrogen-bond donors (Lipinski definition) is 1. The average Bonchev–Trinajstić information content (AvgIpc) is 2.94. The molecule has 2 aromatic carbocycles. The van der Waals surface area contributed by atoms with Crippen LogP contribution in [0.4, 0.5) is 13.2 Å². The van der Waals surface area contributed by atoms with Crippen LogP contribution in [0.2, 0.25) is 0 Å². The van der Waals surface area contributed by atoms with Gasteiger partial charge in [-0.05, 0) is 38.1 Å². The second-order valence-corrected chi connectivity index (χ2v) is 6.52. The number of benzene rings is 2. The predicted molar refractivity (Wildman–Crippen MR) is 92.2 cm³/mol. The summed E-state index contributed by atoms with van der Waals surface area (Å²) in [7, 11) is 0.